The standard InChI is InChI=1S/C21H21N3O6/c1-13-11-14(8-9-17(13)24(28)29)20(26)23-10-4-7-18(23)19(25)22-16-6-3-5-15(12-16)21(27)30-2/h3,5-6,8-9,11-12,18H,4,7,10H2,1-2H3,(H,22,25). The van der Waals surface area contributed by atoms with Crippen LogP contribution in [0.25, 0.3) is 0 Å². The van der Waals surface area contributed by atoms with Crippen LogP contribution < -0.4 is 5.32 Å². The fourth-order valence-corrected chi connectivity index (χ4v) is 3.51. The van der Waals surface area contributed by atoms with Crippen LogP contribution >= 0.6 is 0 Å². The molecule has 1 N–H and O–H groups in total. The smallest absolute Gasteiger partial charge is 0.337 e. The van der Waals surface area contributed by atoms with E-state index in [2.05, 4.69) is 10.1 Å². The number of methoxy groups -OCH3 is 1. The normalized spacial score (nSPS) is 15.5. The molecule has 1 aliphatic heterocycles. The van der Waals surface area contributed by atoms with E-state index in [-0.39, 0.29) is 17.5 Å². The molecule has 0 aromatic heterocycles. The van der Waals surface area contributed by atoms with Crippen molar-refractivity contribution >= 4 is 29.2 Å². The Morgan fingerprint density at radius 1 is 1.17 bits per heavy atom. The molecule has 9 nitrogen and oxygen atoms in total. The minimum Gasteiger partial charge on any atom is -0.465 e. The first-order valence-electron chi connectivity index (χ1n) is 9.37. The number of nitro groups is 1. The third-order valence-electron chi connectivity index (χ3n) is 5.01. The Bertz CT molecular complexity index is 1020. The van der Waals surface area contributed by atoms with Gasteiger partial charge < -0.3 is 15.0 Å². The number of hydrogen-bond donors (Lipinski definition) is 1. The van der Waals surface area contributed by atoms with Crippen molar-refractivity contribution in [1.82, 2.24) is 4.90 Å². The first-order valence-corrected chi connectivity index (χ1v) is 9.37. The van der Waals surface area contributed by atoms with E-state index in [1.807, 2.05) is 0 Å². The van der Waals surface area contributed by atoms with Crippen molar-refractivity contribution in [3.8, 4) is 0 Å². The Morgan fingerprint density at radius 2 is 1.93 bits per heavy atom. The minimum atomic E-state index is -0.671. The lowest BCUT2D eigenvalue weighted by Gasteiger charge is -2.24. The van der Waals surface area contributed by atoms with Crippen LogP contribution in [0.15, 0.2) is 42.5 Å². The Morgan fingerprint density at radius 3 is 2.60 bits per heavy atom. The number of carbonyl (C=O) groups excluding carboxylic acids is 3. The number of esters is 1. The van der Waals surface area contributed by atoms with Crippen LogP contribution in [0.5, 0.6) is 0 Å². The second-order valence-electron chi connectivity index (χ2n) is 6.98. The average molecular weight is 411 g/mol. The maximum atomic E-state index is 12.9. The van der Waals surface area contributed by atoms with Crippen molar-refractivity contribution in [3.05, 3.63) is 69.3 Å². The number of anilines is 1. The molecule has 1 saturated heterocycles. The molecule has 1 atom stereocenters. The van der Waals surface area contributed by atoms with Gasteiger partial charge in [-0.2, -0.15) is 0 Å². The second-order valence-corrected chi connectivity index (χ2v) is 6.98. The molecule has 1 unspecified atom stereocenters. The molecule has 156 valence electrons. The summed E-state index contributed by atoms with van der Waals surface area (Å²) in [6.45, 7) is 1.98. The zero-order chi connectivity index (χ0) is 21.8. The Hall–Kier alpha value is -3.75. The molecule has 2 amide bonds. The first-order chi connectivity index (χ1) is 14.3. The number of carbonyl (C=O) groups is 3. The predicted molar refractivity (Wildman–Crippen MR) is 108 cm³/mol. The van der Waals surface area contributed by atoms with Gasteiger partial charge in [0.05, 0.1) is 17.6 Å². The molecule has 0 radical (unpaired) electrons. The molecular weight excluding hydrogens is 390 g/mol. The summed E-state index contributed by atoms with van der Waals surface area (Å²) in [5.41, 5.74) is 1.34. The van der Waals surface area contributed by atoms with E-state index in [0.717, 1.165) is 0 Å². The van der Waals surface area contributed by atoms with Gasteiger partial charge in [0.2, 0.25) is 5.91 Å². The summed E-state index contributed by atoms with van der Waals surface area (Å²) >= 11 is 0. The fraction of sp³-hybridized carbons (Fsp3) is 0.286. The molecule has 0 bridgehead atoms. The van der Waals surface area contributed by atoms with Crippen LogP contribution in [0.3, 0.4) is 0 Å². The highest BCUT2D eigenvalue weighted by Crippen LogP contribution is 2.25. The molecule has 0 aliphatic carbocycles. The van der Waals surface area contributed by atoms with Gasteiger partial charge in [-0.3, -0.25) is 19.7 Å². The lowest BCUT2D eigenvalue weighted by atomic mass is 10.1. The molecule has 0 saturated carbocycles. The van der Waals surface area contributed by atoms with Crippen molar-refractivity contribution in [1.29, 1.82) is 0 Å². The third kappa shape index (κ3) is 4.29. The van der Waals surface area contributed by atoms with Crippen molar-refractivity contribution < 1.29 is 24.0 Å². The topological polar surface area (TPSA) is 119 Å². The van der Waals surface area contributed by atoms with Gasteiger partial charge in [0, 0.05) is 29.4 Å². The van der Waals surface area contributed by atoms with Crippen LogP contribution in [-0.4, -0.2) is 47.3 Å². The molecule has 2 aromatic carbocycles. The number of ether oxygens (including phenoxy) is 1. The lowest BCUT2D eigenvalue weighted by molar-refractivity contribution is -0.385. The molecule has 2 aromatic rings. The van der Waals surface area contributed by atoms with Gasteiger partial charge in [-0.05, 0) is 50.1 Å². The highest BCUT2D eigenvalue weighted by Gasteiger charge is 2.35. The van der Waals surface area contributed by atoms with Crippen molar-refractivity contribution in [2.75, 3.05) is 19.0 Å². The number of nitro benzene ring substituents is 1. The highest BCUT2D eigenvalue weighted by atomic mass is 16.6. The van der Waals surface area contributed by atoms with Gasteiger partial charge in [-0.1, -0.05) is 6.07 Å². The zero-order valence-electron chi connectivity index (χ0n) is 16.6. The van der Waals surface area contributed by atoms with Crippen LogP contribution in [0.4, 0.5) is 11.4 Å². The van der Waals surface area contributed by atoms with Gasteiger partial charge in [-0.25, -0.2) is 4.79 Å². The van der Waals surface area contributed by atoms with Gasteiger partial charge in [-0.15, -0.1) is 0 Å². The lowest BCUT2D eigenvalue weighted by Crippen LogP contribution is -2.43. The quantitative estimate of drug-likeness (QED) is 0.459. The van der Waals surface area contributed by atoms with E-state index in [1.165, 1.54) is 36.3 Å². The number of likely N-dealkylation sites (tertiary alicyclic amines) is 1. The number of nitrogens with one attached hydrogen (secondary N) is 1. The molecule has 0 spiro atoms. The average Bonchev–Trinajstić information content (AvgIpc) is 3.22. The van der Waals surface area contributed by atoms with E-state index in [0.29, 0.717) is 41.8 Å². The van der Waals surface area contributed by atoms with E-state index in [9.17, 15) is 24.5 Å². The predicted octanol–water partition coefficient (Wildman–Crippen LogP) is 2.93. The largest absolute Gasteiger partial charge is 0.465 e. The maximum absolute atomic E-state index is 12.9. The second kappa shape index (κ2) is 8.73. The number of benzene rings is 2. The van der Waals surface area contributed by atoms with Gasteiger partial charge >= 0.3 is 5.97 Å². The van der Waals surface area contributed by atoms with E-state index in [1.54, 1.807) is 25.1 Å². The van der Waals surface area contributed by atoms with Crippen molar-refractivity contribution in [3.63, 3.8) is 0 Å². The molecule has 1 heterocycles. The van der Waals surface area contributed by atoms with Gasteiger partial charge in [0.25, 0.3) is 11.6 Å². The Labute approximate surface area is 172 Å². The summed E-state index contributed by atoms with van der Waals surface area (Å²) in [5, 5.41) is 13.7. The first kappa shape index (κ1) is 21.0. The number of nitrogens with zero attached hydrogens (tertiary/aromatic N) is 2. The molecule has 3 rings (SSSR count). The monoisotopic (exact) mass is 411 g/mol. The van der Waals surface area contributed by atoms with E-state index < -0.39 is 16.9 Å². The highest BCUT2D eigenvalue weighted by molar-refractivity contribution is 6.02. The number of rotatable bonds is 5. The van der Waals surface area contributed by atoms with Crippen molar-refractivity contribution in [2.45, 2.75) is 25.8 Å². The summed E-state index contributed by atoms with van der Waals surface area (Å²) in [6.07, 6.45) is 1.16. The molecule has 1 fully saturated rings. The van der Waals surface area contributed by atoms with Gasteiger partial charge in [0.1, 0.15) is 6.04 Å². The summed E-state index contributed by atoms with van der Waals surface area (Å²) < 4.78 is 4.68. The number of aryl methyl sites for hydroxylation is 1. The summed E-state index contributed by atoms with van der Waals surface area (Å²) in [4.78, 5) is 49.4. The zero-order valence-corrected chi connectivity index (χ0v) is 16.6. The van der Waals surface area contributed by atoms with E-state index in [4.69, 9.17) is 0 Å². The molecular formula is C21H21N3O6. The van der Waals surface area contributed by atoms with Crippen LogP contribution in [-0.2, 0) is 9.53 Å². The van der Waals surface area contributed by atoms with Crippen molar-refractivity contribution in [2.24, 2.45) is 0 Å². The number of amides is 2. The number of hydrogen-bond acceptors (Lipinski definition) is 6. The fourth-order valence-electron chi connectivity index (χ4n) is 3.51. The molecule has 30 heavy (non-hydrogen) atoms. The Kier molecular flexibility index (Phi) is 6.10. The van der Waals surface area contributed by atoms with Gasteiger partial charge in [0.15, 0.2) is 0 Å². The van der Waals surface area contributed by atoms with Crippen LogP contribution in [0, 0.1) is 17.0 Å². The van der Waals surface area contributed by atoms with Crippen LogP contribution in [0.1, 0.15) is 39.1 Å². The molecule has 9 heteroatoms. The molecule has 1 aliphatic rings. The van der Waals surface area contributed by atoms with Crippen LogP contribution in [0.2, 0.25) is 0 Å². The Balaban J connectivity index is 1.76. The maximum Gasteiger partial charge on any atom is 0.337 e. The minimum absolute atomic E-state index is 0.0623. The summed E-state index contributed by atoms with van der Waals surface area (Å²) in [6, 6.07) is 9.84. The SMILES string of the molecule is COC(=O)c1cccc(NC(=O)C2CCCN2C(=O)c2ccc([N+](=O)[O-])c(C)c2)c1. The summed E-state index contributed by atoms with van der Waals surface area (Å²) in [7, 11) is 1.27. The summed E-state index contributed by atoms with van der Waals surface area (Å²) in [5.74, 6) is -1.23. The van der Waals surface area contributed by atoms with E-state index >= 15 is 0 Å². The third-order valence-corrected chi connectivity index (χ3v) is 5.01.